The van der Waals surface area contributed by atoms with E-state index in [1.165, 1.54) is 0 Å². The Morgan fingerprint density at radius 1 is 1.19 bits per heavy atom. The largest absolute Gasteiger partial charge is 0.342 e. The van der Waals surface area contributed by atoms with Crippen LogP contribution >= 0.6 is 11.6 Å². The molecule has 16 heavy (non-hydrogen) atoms. The van der Waals surface area contributed by atoms with Crippen molar-refractivity contribution in [2.24, 2.45) is 0 Å². The van der Waals surface area contributed by atoms with Gasteiger partial charge in [-0.2, -0.15) is 0 Å². The minimum atomic E-state index is 0.744. The predicted octanol–water partition coefficient (Wildman–Crippen LogP) is 4.83. The SMILES string of the molecule is CC.CC.CCc1nc2ccc(Cl)cc2[nH]1. The van der Waals surface area contributed by atoms with Crippen molar-refractivity contribution >= 4 is 22.6 Å². The van der Waals surface area contributed by atoms with Crippen LogP contribution in [0.3, 0.4) is 0 Å². The van der Waals surface area contributed by atoms with Crippen molar-refractivity contribution in [1.82, 2.24) is 9.97 Å². The Morgan fingerprint density at radius 3 is 2.38 bits per heavy atom. The minimum Gasteiger partial charge on any atom is -0.342 e. The maximum Gasteiger partial charge on any atom is 0.106 e. The number of halogens is 1. The molecular weight excluding hydrogens is 220 g/mol. The maximum atomic E-state index is 5.82. The van der Waals surface area contributed by atoms with E-state index in [0.717, 1.165) is 28.3 Å². The normalized spacial score (nSPS) is 8.88. The summed E-state index contributed by atoms with van der Waals surface area (Å²) in [5.41, 5.74) is 2.00. The minimum absolute atomic E-state index is 0.744. The van der Waals surface area contributed by atoms with Gasteiger partial charge in [0.05, 0.1) is 11.0 Å². The first-order valence-electron chi connectivity index (χ1n) is 5.93. The molecule has 1 aromatic heterocycles. The van der Waals surface area contributed by atoms with Gasteiger partial charge in [0.15, 0.2) is 0 Å². The average molecular weight is 241 g/mol. The monoisotopic (exact) mass is 240 g/mol. The molecule has 0 unspecified atom stereocenters. The summed E-state index contributed by atoms with van der Waals surface area (Å²) in [5, 5.41) is 0.744. The van der Waals surface area contributed by atoms with Crippen LogP contribution in [0.4, 0.5) is 0 Å². The van der Waals surface area contributed by atoms with Gasteiger partial charge in [0, 0.05) is 11.4 Å². The summed E-state index contributed by atoms with van der Waals surface area (Å²) in [4.78, 5) is 7.55. The molecule has 0 aliphatic heterocycles. The van der Waals surface area contributed by atoms with Crippen molar-refractivity contribution in [3.63, 3.8) is 0 Å². The van der Waals surface area contributed by atoms with Gasteiger partial charge >= 0.3 is 0 Å². The summed E-state index contributed by atoms with van der Waals surface area (Å²) < 4.78 is 0. The van der Waals surface area contributed by atoms with Gasteiger partial charge in [-0.1, -0.05) is 46.2 Å². The van der Waals surface area contributed by atoms with Crippen LogP contribution in [0.2, 0.25) is 5.02 Å². The Balaban J connectivity index is 0.000000509. The number of aryl methyl sites for hydroxylation is 1. The van der Waals surface area contributed by atoms with Gasteiger partial charge in [-0.05, 0) is 18.2 Å². The number of rotatable bonds is 1. The molecule has 0 fully saturated rings. The first-order chi connectivity index (χ1) is 7.79. The van der Waals surface area contributed by atoms with Crippen LogP contribution in [0, 0.1) is 0 Å². The second-order valence-electron chi connectivity index (χ2n) is 2.70. The molecule has 0 saturated carbocycles. The standard InChI is InChI=1S/C9H9ClN2.2C2H6/c1-2-9-11-7-4-3-6(10)5-8(7)12-9;2*1-2/h3-5H,2H2,1H3,(H,11,12);2*1-2H3. The molecule has 0 aliphatic rings. The lowest BCUT2D eigenvalue weighted by Gasteiger charge is -1.87. The van der Waals surface area contributed by atoms with Gasteiger partial charge < -0.3 is 4.98 Å². The van der Waals surface area contributed by atoms with Crippen molar-refractivity contribution in [2.75, 3.05) is 0 Å². The number of hydrogen-bond donors (Lipinski definition) is 1. The fourth-order valence-corrected chi connectivity index (χ4v) is 1.37. The Kier molecular flexibility index (Phi) is 7.65. The van der Waals surface area contributed by atoms with Gasteiger partial charge in [-0.15, -0.1) is 0 Å². The Hall–Kier alpha value is -1.02. The molecule has 0 amide bonds. The number of fused-ring (bicyclic) bond motifs is 1. The van der Waals surface area contributed by atoms with Crippen LogP contribution in [-0.4, -0.2) is 9.97 Å². The third-order valence-electron chi connectivity index (χ3n) is 1.83. The second-order valence-corrected chi connectivity index (χ2v) is 3.13. The zero-order chi connectivity index (χ0) is 12.6. The molecule has 1 N–H and O–H groups in total. The molecule has 1 aromatic carbocycles. The molecule has 0 radical (unpaired) electrons. The van der Waals surface area contributed by atoms with Crippen molar-refractivity contribution < 1.29 is 0 Å². The number of hydrogen-bond acceptors (Lipinski definition) is 1. The second kappa shape index (κ2) is 8.17. The van der Waals surface area contributed by atoms with Crippen LogP contribution in [0.5, 0.6) is 0 Å². The third kappa shape index (κ3) is 3.86. The smallest absolute Gasteiger partial charge is 0.106 e. The van der Waals surface area contributed by atoms with Gasteiger partial charge in [0.2, 0.25) is 0 Å². The molecule has 1 heterocycles. The summed E-state index contributed by atoms with van der Waals surface area (Å²) in [5.74, 6) is 1.01. The van der Waals surface area contributed by atoms with Crippen LogP contribution in [0.15, 0.2) is 18.2 Å². The third-order valence-corrected chi connectivity index (χ3v) is 2.06. The fourth-order valence-electron chi connectivity index (χ4n) is 1.20. The lowest BCUT2D eigenvalue weighted by atomic mass is 10.3. The van der Waals surface area contributed by atoms with E-state index in [-0.39, 0.29) is 0 Å². The van der Waals surface area contributed by atoms with E-state index in [2.05, 4.69) is 16.9 Å². The molecule has 2 nitrogen and oxygen atoms in total. The summed E-state index contributed by atoms with van der Waals surface area (Å²) in [6, 6.07) is 5.67. The van der Waals surface area contributed by atoms with Crippen LogP contribution in [0.1, 0.15) is 40.4 Å². The highest BCUT2D eigenvalue weighted by molar-refractivity contribution is 6.31. The number of H-pyrrole nitrogens is 1. The maximum absolute atomic E-state index is 5.82. The number of benzene rings is 1. The van der Waals surface area contributed by atoms with Crippen molar-refractivity contribution in [3.8, 4) is 0 Å². The highest BCUT2D eigenvalue weighted by Crippen LogP contribution is 2.16. The lowest BCUT2D eigenvalue weighted by Crippen LogP contribution is -1.79. The molecule has 0 saturated heterocycles. The van der Waals surface area contributed by atoms with E-state index >= 15 is 0 Å². The summed E-state index contributed by atoms with van der Waals surface area (Å²) in [7, 11) is 0. The molecule has 0 bridgehead atoms. The van der Waals surface area contributed by atoms with Crippen LogP contribution < -0.4 is 0 Å². The van der Waals surface area contributed by atoms with E-state index in [9.17, 15) is 0 Å². The molecule has 2 aromatic rings. The molecule has 3 heteroatoms. The van der Waals surface area contributed by atoms with Crippen molar-refractivity contribution in [3.05, 3.63) is 29.0 Å². The van der Waals surface area contributed by atoms with E-state index in [1.54, 1.807) is 0 Å². The van der Waals surface area contributed by atoms with E-state index in [4.69, 9.17) is 11.6 Å². The quantitative estimate of drug-likeness (QED) is 0.760. The van der Waals surface area contributed by atoms with Crippen LogP contribution in [-0.2, 0) is 6.42 Å². The molecule has 0 spiro atoms. The van der Waals surface area contributed by atoms with E-state index < -0.39 is 0 Å². The fraction of sp³-hybridized carbons (Fsp3) is 0.462. The topological polar surface area (TPSA) is 28.7 Å². The zero-order valence-electron chi connectivity index (χ0n) is 10.8. The van der Waals surface area contributed by atoms with Gasteiger partial charge in [-0.3, -0.25) is 0 Å². The van der Waals surface area contributed by atoms with Crippen LogP contribution in [0.25, 0.3) is 11.0 Å². The van der Waals surface area contributed by atoms with Gasteiger partial charge in [0.1, 0.15) is 5.82 Å². The average Bonchev–Trinajstić information content (AvgIpc) is 2.76. The number of nitrogens with zero attached hydrogens (tertiary/aromatic N) is 1. The molecule has 2 rings (SSSR count). The Morgan fingerprint density at radius 2 is 1.81 bits per heavy atom. The lowest BCUT2D eigenvalue weighted by molar-refractivity contribution is 1.00. The molecular formula is C13H21ClN2. The number of imidazole rings is 1. The van der Waals surface area contributed by atoms with Crippen molar-refractivity contribution in [2.45, 2.75) is 41.0 Å². The number of nitrogens with one attached hydrogen (secondary N) is 1. The number of aromatic amines is 1. The predicted molar refractivity (Wildman–Crippen MR) is 73.2 cm³/mol. The summed E-state index contributed by atoms with van der Waals surface area (Å²) >= 11 is 5.82. The molecule has 90 valence electrons. The molecule has 0 aliphatic carbocycles. The summed E-state index contributed by atoms with van der Waals surface area (Å²) in [6.07, 6.45) is 0.923. The zero-order valence-corrected chi connectivity index (χ0v) is 11.5. The highest BCUT2D eigenvalue weighted by atomic mass is 35.5. The van der Waals surface area contributed by atoms with Gasteiger partial charge in [-0.25, -0.2) is 4.98 Å². The molecule has 0 atom stereocenters. The van der Waals surface area contributed by atoms with Gasteiger partial charge in [0.25, 0.3) is 0 Å². The Labute approximate surface area is 103 Å². The first kappa shape index (κ1) is 15.0. The Bertz CT molecular complexity index is 407. The van der Waals surface area contributed by atoms with E-state index in [0.29, 0.717) is 0 Å². The number of aromatic nitrogens is 2. The van der Waals surface area contributed by atoms with Crippen molar-refractivity contribution in [1.29, 1.82) is 0 Å². The first-order valence-corrected chi connectivity index (χ1v) is 6.31. The highest BCUT2D eigenvalue weighted by Gasteiger charge is 2.00. The summed E-state index contributed by atoms with van der Waals surface area (Å²) in [6.45, 7) is 10.1. The van der Waals surface area contributed by atoms with E-state index in [1.807, 2.05) is 45.9 Å².